The van der Waals surface area contributed by atoms with Gasteiger partial charge in [-0.2, -0.15) is 0 Å². The summed E-state index contributed by atoms with van der Waals surface area (Å²) in [6.07, 6.45) is 16.8. The van der Waals surface area contributed by atoms with E-state index in [4.69, 9.17) is 10.4 Å². The Morgan fingerprint density at radius 1 is 1.15 bits per heavy atom. The lowest BCUT2D eigenvalue weighted by Gasteiger charge is -2.03. The van der Waals surface area contributed by atoms with E-state index in [0.29, 0.717) is 6.42 Å². The van der Waals surface area contributed by atoms with Crippen molar-refractivity contribution in [3.63, 3.8) is 0 Å². The van der Waals surface area contributed by atoms with Crippen molar-refractivity contribution < 1.29 is 20.0 Å². The molecule has 20 heavy (non-hydrogen) atoms. The Hall–Kier alpha value is -1.39. The van der Waals surface area contributed by atoms with E-state index >= 15 is 0 Å². The molecule has 114 valence electrons. The molecular weight excluding hydrogens is 256 g/mol. The number of allylic oxidation sites excluding steroid dienone is 4. The average molecular weight is 282 g/mol. The molecule has 0 radical (unpaired) electrons. The summed E-state index contributed by atoms with van der Waals surface area (Å²) in [6, 6.07) is 0. The first-order valence-corrected chi connectivity index (χ1v) is 7.21. The summed E-state index contributed by atoms with van der Waals surface area (Å²) >= 11 is 0. The van der Waals surface area contributed by atoms with Gasteiger partial charge in [-0.15, -0.1) is 0 Å². The first-order valence-electron chi connectivity index (χ1n) is 7.21. The van der Waals surface area contributed by atoms with E-state index in [1.165, 1.54) is 0 Å². The van der Waals surface area contributed by atoms with Gasteiger partial charge >= 0.3 is 5.97 Å². The standard InChI is InChI=1S/C16H26O4/c1-2-3-9-12-15(20-19)13-10-7-5-4-6-8-11-14-16(17)18/h3,5,7,9-10,13,15,19H,2,4,6,8,11-12,14H2,1H3,(H,17,18)/b7-5?,9-3?,13-10+/t15-/m0/s1. The third kappa shape index (κ3) is 13.1. The molecule has 0 aromatic heterocycles. The van der Waals surface area contributed by atoms with Crippen molar-refractivity contribution in [3.8, 4) is 0 Å². The van der Waals surface area contributed by atoms with Crippen LogP contribution in [0.3, 0.4) is 0 Å². The molecule has 0 saturated heterocycles. The molecule has 4 nitrogen and oxygen atoms in total. The van der Waals surface area contributed by atoms with Gasteiger partial charge in [0.2, 0.25) is 0 Å². The van der Waals surface area contributed by atoms with Gasteiger partial charge in [0.25, 0.3) is 0 Å². The van der Waals surface area contributed by atoms with E-state index < -0.39 is 5.97 Å². The highest BCUT2D eigenvalue weighted by Gasteiger charge is 1.99. The molecule has 2 N–H and O–H groups in total. The Balaban J connectivity index is 3.67. The maximum absolute atomic E-state index is 10.3. The molecule has 0 unspecified atom stereocenters. The lowest BCUT2D eigenvalue weighted by Crippen LogP contribution is -2.04. The number of carbonyl (C=O) groups is 1. The minimum Gasteiger partial charge on any atom is -0.481 e. The normalized spacial score (nSPS) is 13.7. The zero-order valence-electron chi connectivity index (χ0n) is 12.2. The summed E-state index contributed by atoms with van der Waals surface area (Å²) in [6.45, 7) is 2.06. The lowest BCUT2D eigenvalue weighted by molar-refractivity contribution is -0.264. The molecule has 0 aliphatic rings. The van der Waals surface area contributed by atoms with Crippen LogP contribution in [0.2, 0.25) is 0 Å². The van der Waals surface area contributed by atoms with E-state index in [-0.39, 0.29) is 12.5 Å². The molecule has 4 heteroatoms. The fraction of sp³-hybridized carbons (Fsp3) is 0.562. The van der Waals surface area contributed by atoms with Crippen LogP contribution in [-0.4, -0.2) is 22.4 Å². The van der Waals surface area contributed by atoms with Gasteiger partial charge < -0.3 is 5.11 Å². The monoisotopic (exact) mass is 282 g/mol. The van der Waals surface area contributed by atoms with Crippen LogP contribution in [0, 0.1) is 0 Å². The van der Waals surface area contributed by atoms with Crippen molar-refractivity contribution in [2.75, 3.05) is 0 Å². The van der Waals surface area contributed by atoms with Crippen LogP contribution in [0.15, 0.2) is 36.5 Å². The highest BCUT2D eigenvalue weighted by Crippen LogP contribution is 2.04. The third-order valence-electron chi connectivity index (χ3n) is 2.74. The fourth-order valence-corrected chi connectivity index (χ4v) is 1.63. The lowest BCUT2D eigenvalue weighted by atomic mass is 10.1. The van der Waals surface area contributed by atoms with Crippen LogP contribution in [0.1, 0.15) is 51.9 Å². The molecule has 0 saturated carbocycles. The Morgan fingerprint density at radius 2 is 1.95 bits per heavy atom. The first-order chi connectivity index (χ1) is 9.70. The van der Waals surface area contributed by atoms with E-state index in [0.717, 1.165) is 32.1 Å². The van der Waals surface area contributed by atoms with Gasteiger partial charge in [-0.3, -0.25) is 10.1 Å². The van der Waals surface area contributed by atoms with Gasteiger partial charge in [0.05, 0.1) is 0 Å². The molecule has 0 heterocycles. The van der Waals surface area contributed by atoms with Gasteiger partial charge in [0.15, 0.2) is 0 Å². The molecule has 0 aromatic rings. The highest BCUT2D eigenvalue weighted by molar-refractivity contribution is 5.66. The number of carboxylic acid groups (broad SMARTS) is 1. The molecular formula is C16H26O4. The van der Waals surface area contributed by atoms with Crippen molar-refractivity contribution in [1.82, 2.24) is 0 Å². The molecule has 0 aliphatic heterocycles. The summed E-state index contributed by atoms with van der Waals surface area (Å²) < 4.78 is 0. The molecule has 0 rings (SSSR count). The molecule has 0 amide bonds. The van der Waals surface area contributed by atoms with Crippen LogP contribution < -0.4 is 0 Å². The predicted molar refractivity (Wildman–Crippen MR) is 80.6 cm³/mol. The number of hydrogen-bond acceptors (Lipinski definition) is 3. The van der Waals surface area contributed by atoms with Crippen molar-refractivity contribution in [2.24, 2.45) is 0 Å². The zero-order valence-corrected chi connectivity index (χ0v) is 12.2. The van der Waals surface area contributed by atoms with Gasteiger partial charge in [-0.1, -0.05) is 49.8 Å². The van der Waals surface area contributed by atoms with Crippen LogP contribution in [0.25, 0.3) is 0 Å². The molecule has 0 aromatic carbocycles. The van der Waals surface area contributed by atoms with E-state index in [2.05, 4.69) is 11.8 Å². The fourth-order valence-electron chi connectivity index (χ4n) is 1.63. The number of rotatable bonds is 12. The predicted octanol–water partition coefficient (Wildman–Crippen LogP) is 4.35. The summed E-state index contributed by atoms with van der Waals surface area (Å²) in [7, 11) is 0. The molecule has 1 atom stereocenters. The number of hydrogen-bond donors (Lipinski definition) is 2. The maximum Gasteiger partial charge on any atom is 0.303 e. The van der Waals surface area contributed by atoms with Gasteiger partial charge in [-0.05, 0) is 32.1 Å². The van der Waals surface area contributed by atoms with E-state index in [1.54, 1.807) is 6.08 Å². The number of unbranched alkanes of at least 4 members (excludes halogenated alkanes) is 3. The summed E-state index contributed by atoms with van der Waals surface area (Å²) in [4.78, 5) is 14.7. The minimum absolute atomic E-state index is 0.254. The molecule has 0 bridgehead atoms. The third-order valence-corrected chi connectivity index (χ3v) is 2.74. The van der Waals surface area contributed by atoms with Crippen molar-refractivity contribution in [2.45, 2.75) is 58.0 Å². The average Bonchev–Trinajstić information content (AvgIpc) is 2.43. The zero-order chi connectivity index (χ0) is 15.1. The highest BCUT2D eigenvalue weighted by atomic mass is 17.1. The Bertz CT molecular complexity index is 318. The van der Waals surface area contributed by atoms with Crippen LogP contribution in [0.5, 0.6) is 0 Å². The van der Waals surface area contributed by atoms with Gasteiger partial charge in [0.1, 0.15) is 6.10 Å². The Labute approximate surface area is 121 Å². The van der Waals surface area contributed by atoms with Gasteiger partial charge in [-0.25, -0.2) is 4.89 Å². The number of aliphatic carboxylic acids is 1. The van der Waals surface area contributed by atoms with Gasteiger partial charge in [0, 0.05) is 6.42 Å². The minimum atomic E-state index is -0.726. The SMILES string of the molecule is CCC=CC[C@@H](/C=C/C=CCCCCCC(=O)O)OO. The topological polar surface area (TPSA) is 66.8 Å². The van der Waals surface area contributed by atoms with Crippen molar-refractivity contribution in [3.05, 3.63) is 36.5 Å². The summed E-state index contributed by atoms with van der Waals surface area (Å²) in [5.74, 6) is -0.726. The Kier molecular flexibility index (Phi) is 13.1. The second-order valence-electron chi connectivity index (χ2n) is 4.57. The quantitative estimate of drug-likeness (QED) is 0.184. The van der Waals surface area contributed by atoms with Crippen molar-refractivity contribution in [1.29, 1.82) is 0 Å². The smallest absolute Gasteiger partial charge is 0.303 e. The Morgan fingerprint density at radius 3 is 2.60 bits per heavy atom. The van der Waals surface area contributed by atoms with Crippen molar-refractivity contribution >= 4 is 5.97 Å². The van der Waals surface area contributed by atoms with E-state index in [1.807, 2.05) is 30.4 Å². The maximum atomic E-state index is 10.3. The summed E-state index contributed by atoms with van der Waals surface area (Å²) in [5.41, 5.74) is 0. The number of carboxylic acids is 1. The van der Waals surface area contributed by atoms with Crippen LogP contribution >= 0.6 is 0 Å². The largest absolute Gasteiger partial charge is 0.481 e. The van der Waals surface area contributed by atoms with Crippen LogP contribution in [0.4, 0.5) is 0 Å². The molecule has 0 fully saturated rings. The first kappa shape index (κ1) is 18.6. The summed E-state index contributed by atoms with van der Waals surface area (Å²) in [5, 5.41) is 17.2. The second kappa shape index (κ2) is 14.0. The second-order valence-corrected chi connectivity index (χ2v) is 4.57. The van der Waals surface area contributed by atoms with Crippen LogP contribution in [-0.2, 0) is 9.68 Å². The molecule has 0 aliphatic carbocycles. The molecule has 0 spiro atoms. The van der Waals surface area contributed by atoms with E-state index in [9.17, 15) is 4.79 Å².